The minimum absolute atomic E-state index is 0.282. The van der Waals surface area contributed by atoms with Gasteiger partial charge in [0.2, 0.25) is 0 Å². The third kappa shape index (κ3) is 3.87. The van der Waals surface area contributed by atoms with Crippen molar-refractivity contribution in [2.24, 2.45) is 0 Å². The van der Waals surface area contributed by atoms with E-state index >= 15 is 0 Å². The number of carbonyl (C=O) groups is 1. The van der Waals surface area contributed by atoms with Gasteiger partial charge in [-0.25, -0.2) is 4.39 Å². The third-order valence-electron chi connectivity index (χ3n) is 4.28. The lowest BCUT2D eigenvalue weighted by atomic mass is 9.97. The normalized spacial score (nSPS) is 14.6. The summed E-state index contributed by atoms with van der Waals surface area (Å²) in [5, 5.41) is 0. The van der Waals surface area contributed by atoms with E-state index in [1.807, 2.05) is 26.0 Å². The lowest BCUT2D eigenvalue weighted by molar-refractivity contribution is 0.103. The maximum absolute atomic E-state index is 14.1. The minimum atomic E-state index is -0.541. The molecule has 4 nitrogen and oxygen atoms in total. The number of hydrogen-bond acceptors (Lipinski definition) is 4. The predicted molar refractivity (Wildman–Crippen MR) is 103 cm³/mol. The lowest BCUT2D eigenvalue weighted by Gasteiger charge is -2.29. The molecule has 0 N–H and O–H groups in total. The maximum atomic E-state index is 14.1. The number of ether oxygens (including phenoxy) is 3. The molecule has 140 valence electrons. The molecule has 0 radical (unpaired) electrons. The number of benzene rings is 2. The summed E-state index contributed by atoms with van der Waals surface area (Å²) in [4.78, 5) is 12.8. The van der Waals surface area contributed by atoms with Gasteiger partial charge in [-0.3, -0.25) is 4.79 Å². The minimum Gasteiger partial charge on any atom is -0.497 e. The van der Waals surface area contributed by atoms with Crippen molar-refractivity contribution in [3.05, 3.63) is 65.0 Å². The van der Waals surface area contributed by atoms with Gasteiger partial charge < -0.3 is 14.2 Å². The number of rotatable bonds is 5. The zero-order chi connectivity index (χ0) is 19.6. The summed E-state index contributed by atoms with van der Waals surface area (Å²) >= 11 is 0. The van der Waals surface area contributed by atoms with Crippen LogP contribution < -0.4 is 14.2 Å². The Kier molecular flexibility index (Phi) is 5.04. The van der Waals surface area contributed by atoms with Crippen LogP contribution in [0.25, 0.3) is 12.2 Å². The van der Waals surface area contributed by atoms with Gasteiger partial charge >= 0.3 is 0 Å². The van der Waals surface area contributed by atoms with Crippen molar-refractivity contribution in [1.29, 1.82) is 0 Å². The molecule has 2 aromatic carbocycles. The summed E-state index contributed by atoms with van der Waals surface area (Å²) in [6, 6.07) is 7.85. The summed E-state index contributed by atoms with van der Waals surface area (Å²) in [6.07, 6.45) is 6.58. The molecule has 0 aliphatic carbocycles. The largest absolute Gasteiger partial charge is 0.497 e. The van der Waals surface area contributed by atoms with Crippen LogP contribution in [0, 0.1) is 5.82 Å². The van der Waals surface area contributed by atoms with E-state index in [0.717, 1.165) is 0 Å². The molecule has 0 aromatic heterocycles. The van der Waals surface area contributed by atoms with E-state index in [4.69, 9.17) is 14.2 Å². The molecule has 1 aliphatic heterocycles. The predicted octanol–water partition coefficient (Wildman–Crippen LogP) is 4.92. The molecule has 2 aromatic rings. The highest BCUT2D eigenvalue weighted by atomic mass is 19.1. The number of methoxy groups -OCH3 is 2. The molecule has 0 saturated carbocycles. The topological polar surface area (TPSA) is 44.8 Å². The molecule has 0 fully saturated rings. The van der Waals surface area contributed by atoms with Crippen molar-refractivity contribution in [1.82, 2.24) is 0 Å². The number of hydrogen-bond donors (Lipinski definition) is 0. The first-order valence-electron chi connectivity index (χ1n) is 8.50. The zero-order valence-corrected chi connectivity index (χ0v) is 15.7. The van der Waals surface area contributed by atoms with Crippen LogP contribution in [0.15, 0.2) is 42.5 Å². The Hall–Kier alpha value is -3.08. The van der Waals surface area contributed by atoms with Gasteiger partial charge in [-0.1, -0.05) is 0 Å². The van der Waals surface area contributed by atoms with Crippen molar-refractivity contribution in [3.63, 3.8) is 0 Å². The zero-order valence-electron chi connectivity index (χ0n) is 15.7. The van der Waals surface area contributed by atoms with Gasteiger partial charge in [-0.15, -0.1) is 0 Å². The molecule has 0 unspecified atom stereocenters. The van der Waals surface area contributed by atoms with Gasteiger partial charge in [0.1, 0.15) is 28.7 Å². The summed E-state index contributed by atoms with van der Waals surface area (Å²) in [5.41, 5.74) is 0.869. The molecule has 3 rings (SSSR count). The van der Waals surface area contributed by atoms with Crippen molar-refractivity contribution < 1.29 is 23.4 Å². The Labute approximate surface area is 157 Å². The molecule has 0 amide bonds. The van der Waals surface area contributed by atoms with Crippen LogP contribution in [0.2, 0.25) is 0 Å². The van der Waals surface area contributed by atoms with E-state index in [2.05, 4.69) is 0 Å². The highest BCUT2D eigenvalue weighted by Crippen LogP contribution is 2.39. The highest BCUT2D eigenvalue weighted by molar-refractivity contribution is 6.09. The molecule has 0 spiro atoms. The maximum Gasteiger partial charge on any atom is 0.189 e. The summed E-state index contributed by atoms with van der Waals surface area (Å²) in [7, 11) is 3.04. The van der Waals surface area contributed by atoms with Crippen molar-refractivity contribution in [2.75, 3.05) is 14.2 Å². The first kappa shape index (κ1) is 18.7. The molecule has 5 heteroatoms. The number of ketones is 1. The standard InChI is InChI=1S/C22H21FO4/c1-22(2)12-11-17-20(26-4)10-8-16(21(17)27-22)19(24)9-6-14-5-7-15(25-3)13-18(14)23/h5-13H,1-4H3/b9-6+. The van der Waals surface area contributed by atoms with Gasteiger partial charge in [0.15, 0.2) is 5.78 Å². The Morgan fingerprint density at radius 1 is 1.15 bits per heavy atom. The molecular formula is C22H21FO4. The first-order chi connectivity index (χ1) is 12.8. The van der Waals surface area contributed by atoms with Crippen LogP contribution in [0.4, 0.5) is 4.39 Å². The fourth-order valence-electron chi connectivity index (χ4n) is 2.83. The monoisotopic (exact) mass is 368 g/mol. The molecule has 0 atom stereocenters. The van der Waals surface area contributed by atoms with Gasteiger partial charge in [-0.05, 0) is 62.4 Å². The Bertz CT molecular complexity index is 942. The summed E-state index contributed by atoms with van der Waals surface area (Å²) < 4.78 is 30.4. The fraction of sp³-hybridized carbons (Fsp3) is 0.227. The second kappa shape index (κ2) is 7.27. The van der Waals surface area contributed by atoms with E-state index in [9.17, 15) is 9.18 Å². The SMILES string of the molecule is COc1ccc(/C=C/C(=O)c2ccc(OC)c3c2OC(C)(C)C=C3)c(F)c1. The van der Waals surface area contributed by atoms with Crippen molar-refractivity contribution in [3.8, 4) is 17.2 Å². The van der Waals surface area contributed by atoms with Gasteiger partial charge in [0.25, 0.3) is 0 Å². The number of carbonyl (C=O) groups excluding carboxylic acids is 1. The number of fused-ring (bicyclic) bond motifs is 1. The van der Waals surface area contributed by atoms with Crippen LogP contribution in [-0.2, 0) is 0 Å². The van der Waals surface area contributed by atoms with Gasteiger partial charge in [-0.2, -0.15) is 0 Å². The van der Waals surface area contributed by atoms with Gasteiger partial charge in [0, 0.05) is 11.6 Å². The first-order valence-corrected chi connectivity index (χ1v) is 8.50. The van der Waals surface area contributed by atoms with Crippen LogP contribution in [-0.4, -0.2) is 25.6 Å². The van der Waals surface area contributed by atoms with Crippen molar-refractivity contribution >= 4 is 17.9 Å². The highest BCUT2D eigenvalue weighted by Gasteiger charge is 2.27. The average Bonchev–Trinajstić information content (AvgIpc) is 2.64. The Morgan fingerprint density at radius 2 is 1.93 bits per heavy atom. The number of allylic oxidation sites excluding steroid dienone is 1. The molecule has 27 heavy (non-hydrogen) atoms. The van der Waals surface area contributed by atoms with E-state index in [0.29, 0.717) is 33.9 Å². The Morgan fingerprint density at radius 3 is 2.59 bits per heavy atom. The second-order valence-electron chi connectivity index (χ2n) is 6.68. The molecule has 0 bridgehead atoms. The smallest absolute Gasteiger partial charge is 0.189 e. The Balaban J connectivity index is 1.95. The van der Waals surface area contributed by atoms with Crippen LogP contribution in [0.1, 0.15) is 35.3 Å². The van der Waals surface area contributed by atoms with Crippen LogP contribution in [0.5, 0.6) is 17.2 Å². The quantitative estimate of drug-likeness (QED) is 0.555. The molecular weight excluding hydrogens is 347 g/mol. The fourth-order valence-corrected chi connectivity index (χ4v) is 2.83. The average molecular weight is 368 g/mol. The molecule has 0 saturated heterocycles. The van der Waals surface area contributed by atoms with E-state index in [-0.39, 0.29) is 5.78 Å². The summed E-state index contributed by atoms with van der Waals surface area (Å²) in [5.74, 6) is 0.762. The van der Waals surface area contributed by atoms with Gasteiger partial charge in [0.05, 0.1) is 25.3 Å². The van der Waals surface area contributed by atoms with Crippen LogP contribution >= 0.6 is 0 Å². The van der Waals surface area contributed by atoms with E-state index in [1.54, 1.807) is 31.4 Å². The third-order valence-corrected chi connectivity index (χ3v) is 4.28. The molecule has 1 heterocycles. The second-order valence-corrected chi connectivity index (χ2v) is 6.68. The lowest BCUT2D eigenvalue weighted by Crippen LogP contribution is -2.28. The molecule has 1 aliphatic rings. The number of halogens is 1. The van der Waals surface area contributed by atoms with E-state index < -0.39 is 11.4 Å². The summed E-state index contributed by atoms with van der Waals surface area (Å²) in [6.45, 7) is 3.81. The van der Waals surface area contributed by atoms with Crippen LogP contribution in [0.3, 0.4) is 0 Å². The van der Waals surface area contributed by atoms with Crippen molar-refractivity contribution in [2.45, 2.75) is 19.4 Å². The van der Waals surface area contributed by atoms with E-state index in [1.165, 1.54) is 25.3 Å².